The van der Waals surface area contributed by atoms with Gasteiger partial charge in [0, 0.05) is 12.6 Å². The SMILES string of the molecule is CCOCCOCC(C#N)(NC1CC1)c1ccccc1. The van der Waals surface area contributed by atoms with E-state index in [0.717, 1.165) is 18.4 Å². The summed E-state index contributed by atoms with van der Waals surface area (Å²) < 4.78 is 10.9. The first-order valence-electron chi connectivity index (χ1n) is 7.20. The van der Waals surface area contributed by atoms with Crippen LogP contribution >= 0.6 is 0 Å². The molecule has 1 aromatic carbocycles. The van der Waals surface area contributed by atoms with Crippen molar-refractivity contribution >= 4 is 0 Å². The number of nitrogens with one attached hydrogen (secondary N) is 1. The first-order valence-corrected chi connectivity index (χ1v) is 7.20. The van der Waals surface area contributed by atoms with Gasteiger partial charge in [0.15, 0.2) is 5.54 Å². The predicted octanol–water partition coefficient (Wildman–Crippen LogP) is 2.21. The molecule has 2 rings (SSSR count). The summed E-state index contributed by atoms with van der Waals surface area (Å²) in [6, 6.07) is 12.7. The van der Waals surface area contributed by atoms with E-state index in [-0.39, 0.29) is 0 Å². The zero-order chi connectivity index (χ0) is 14.3. The van der Waals surface area contributed by atoms with Gasteiger partial charge < -0.3 is 9.47 Å². The smallest absolute Gasteiger partial charge is 0.156 e. The number of rotatable bonds is 9. The molecule has 0 aromatic heterocycles. The van der Waals surface area contributed by atoms with E-state index in [4.69, 9.17) is 9.47 Å². The Morgan fingerprint density at radius 1 is 1.25 bits per heavy atom. The lowest BCUT2D eigenvalue weighted by Gasteiger charge is -2.28. The van der Waals surface area contributed by atoms with E-state index in [0.29, 0.717) is 32.5 Å². The highest BCUT2D eigenvalue weighted by molar-refractivity contribution is 5.32. The average Bonchev–Trinajstić information content (AvgIpc) is 3.30. The van der Waals surface area contributed by atoms with Gasteiger partial charge in [-0.2, -0.15) is 5.26 Å². The Hall–Kier alpha value is -1.41. The van der Waals surface area contributed by atoms with Crippen LogP contribution in [0.15, 0.2) is 30.3 Å². The molecule has 0 radical (unpaired) electrons. The molecule has 108 valence electrons. The highest BCUT2D eigenvalue weighted by Gasteiger charge is 2.38. The Bertz CT molecular complexity index is 440. The zero-order valence-electron chi connectivity index (χ0n) is 12.0. The molecule has 0 amide bonds. The fourth-order valence-electron chi connectivity index (χ4n) is 2.12. The Balaban J connectivity index is 2.01. The number of benzene rings is 1. The number of hydrogen-bond donors (Lipinski definition) is 1. The zero-order valence-corrected chi connectivity index (χ0v) is 12.0. The average molecular weight is 274 g/mol. The molecule has 0 heterocycles. The van der Waals surface area contributed by atoms with Crippen LogP contribution in [0.25, 0.3) is 0 Å². The van der Waals surface area contributed by atoms with Gasteiger partial charge in [-0.25, -0.2) is 0 Å². The van der Waals surface area contributed by atoms with Crippen molar-refractivity contribution in [3.8, 4) is 6.07 Å². The van der Waals surface area contributed by atoms with Crippen LogP contribution in [-0.2, 0) is 15.0 Å². The topological polar surface area (TPSA) is 54.3 Å². The van der Waals surface area contributed by atoms with Crippen molar-refractivity contribution in [1.29, 1.82) is 5.26 Å². The van der Waals surface area contributed by atoms with Crippen LogP contribution in [0, 0.1) is 11.3 Å². The fraction of sp³-hybridized carbons (Fsp3) is 0.562. The second-order valence-corrected chi connectivity index (χ2v) is 5.05. The van der Waals surface area contributed by atoms with E-state index in [1.807, 2.05) is 37.3 Å². The molecule has 20 heavy (non-hydrogen) atoms. The quantitative estimate of drug-likeness (QED) is 0.701. The van der Waals surface area contributed by atoms with Gasteiger partial charge in [0.2, 0.25) is 0 Å². The lowest BCUT2D eigenvalue weighted by atomic mass is 9.92. The third kappa shape index (κ3) is 4.04. The third-order valence-corrected chi connectivity index (χ3v) is 3.38. The van der Waals surface area contributed by atoms with E-state index in [2.05, 4.69) is 11.4 Å². The van der Waals surface area contributed by atoms with Crippen LogP contribution in [0.4, 0.5) is 0 Å². The molecular weight excluding hydrogens is 252 g/mol. The summed E-state index contributed by atoms with van der Waals surface area (Å²) in [5, 5.41) is 13.1. The van der Waals surface area contributed by atoms with Crippen molar-refractivity contribution in [2.45, 2.75) is 31.3 Å². The van der Waals surface area contributed by atoms with Crippen molar-refractivity contribution in [2.75, 3.05) is 26.4 Å². The summed E-state index contributed by atoms with van der Waals surface area (Å²) in [5.74, 6) is 0. The molecule has 4 heteroatoms. The van der Waals surface area contributed by atoms with Gasteiger partial charge in [-0.1, -0.05) is 30.3 Å². The summed E-state index contributed by atoms with van der Waals surface area (Å²) in [4.78, 5) is 0. The standard InChI is InChI=1S/C16H22N2O2/c1-2-19-10-11-20-13-16(12-17,18-15-8-9-15)14-6-4-3-5-7-14/h3-7,15,18H,2,8-11,13H2,1H3. The minimum atomic E-state index is -0.755. The molecule has 1 atom stereocenters. The van der Waals surface area contributed by atoms with E-state index < -0.39 is 5.54 Å². The Labute approximate surface area is 120 Å². The first kappa shape index (κ1) is 15.0. The number of hydrogen-bond acceptors (Lipinski definition) is 4. The highest BCUT2D eigenvalue weighted by Crippen LogP contribution is 2.28. The molecular formula is C16H22N2O2. The second kappa shape index (κ2) is 7.39. The maximum atomic E-state index is 9.69. The monoisotopic (exact) mass is 274 g/mol. The largest absolute Gasteiger partial charge is 0.379 e. The molecule has 1 unspecified atom stereocenters. The van der Waals surface area contributed by atoms with E-state index >= 15 is 0 Å². The van der Waals surface area contributed by atoms with Gasteiger partial charge in [0.1, 0.15) is 0 Å². The van der Waals surface area contributed by atoms with Gasteiger partial charge in [-0.3, -0.25) is 5.32 Å². The minimum Gasteiger partial charge on any atom is -0.379 e. The predicted molar refractivity (Wildman–Crippen MR) is 77.2 cm³/mol. The van der Waals surface area contributed by atoms with Gasteiger partial charge in [0.05, 0.1) is 25.9 Å². The summed E-state index contributed by atoms with van der Waals surface area (Å²) in [5.41, 5.74) is 0.208. The molecule has 1 saturated carbocycles. The molecule has 1 aliphatic rings. The summed E-state index contributed by atoms with van der Waals surface area (Å²) in [6.07, 6.45) is 2.27. The van der Waals surface area contributed by atoms with Crippen LogP contribution in [0.2, 0.25) is 0 Å². The van der Waals surface area contributed by atoms with Gasteiger partial charge in [-0.05, 0) is 25.3 Å². The molecule has 0 spiro atoms. The maximum Gasteiger partial charge on any atom is 0.156 e. The Morgan fingerprint density at radius 3 is 2.55 bits per heavy atom. The summed E-state index contributed by atoms with van der Waals surface area (Å²) >= 11 is 0. The number of nitriles is 1. The van der Waals surface area contributed by atoms with E-state index in [9.17, 15) is 5.26 Å². The van der Waals surface area contributed by atoms with Crippen molar-refractivity contribution < 1.29 is 9.47 Å². The van der Waals surface area contributed by atoms with Crippen LogP contribution in [-0.4, -0.2) is 32.5 Å². The molecule has 1 aliphatic carbocycles. The molecule has 0 aliphatic heterocycles. The van der Waals surface area contributed by atoms with Crippen molar-refractivity contribution in [3.05, 3.63) is 35.9 Å². The van der Waals surface area contributed by atoms with Crippen LogP contribution in [0.5, 0.6) is 0 Å². The van der Waals surface area contributed by atoms with Crippen LogP contribution in [0.3, 0.4) is 0 Å². The minimum absolute atomic E-state index is 0.344. The Morgan fingerprint density at radius 2 is 1.95 bits per heavy atom. The first-order chi connectivity index (χ1) is 9.80. The lowest BCUT2D eigenvalue weighted by Crippen LogP contribution is -2.46. The molecule has 4 nitrogen and oxygen atoms in total. The van der Waals surface area contributed by atoms with Gasteiger partial charge >= 0.3 is 0 Å². The summed E-state index contributed by atoms with van der Waals surface area (Å²) in [7, 11) is 0. The highest BCUT2D eigenvalue weighted by atomic mass is 16.5. The number of nitrogens with zero attached hydrogens (tertiary/aromatic N) is 1. The van der Waals surface area contributed by atoms with E-state index in [1.165, 1.54) is 0 Å². The third-order valence-electron chi connectivity index (χ3n) is 3.38. The molecule has 1 aromatic rings. The second-order valence-electron chi connectivity index (χ2n) is 5.05. The maximum absolute atomic E-state index is 9.69. The van der Waals surface area contributed by atoms with E-state index in [1.54, 1.807) is 0 Å². The normalized spacial score (nSPS) is 17.4. The fourth-order valence-corrected chi connectivity index (χ4v) is 2.12. The molecule has 0 bridgehead atoms. The molecule has 1 N–H and O–H groups in total. The van der Waals surface area contributed by atoms with Crippen molar-refractivity contribution in [1.82, 2.24) is 5.32 Å². The van der Waals surface area contributed by atoms with Crippen molar-refractivity contribution in [3.63, 3.8) is 0 Å². The molecule has 1 fully saturated rings. The molecule has 0 saturated heterocycles. The van der Waals surface area contributed by atoms with Crippen molar-refractivity contribution in [2.24, 2.45) is 0 Å². The number of ether oxygens (including phenoxy) is 2. The Kier molecular flexibility index (Phi) is 5.54. The summed E-state index contributed by atoms with van der Waals surface area (Å²) in [6.45, 7) is 4.06. The lowest BCUT2D eigenvalue weighted by molar-refractivity contribution is 0.0320. The van der Waals surface area contributed by atoms with Gasteiger partial charge in [-0.15, -0.1) is 0 Å². The van der Waals surface area contributed by atoms with Gasteiger partial charge in [0.25, 0.3) is 0 Å². The van der Waals surface area contributed by atoms with Crippen LogP contribution in [0.1, 0.15) is 25.3 Å². The van der Waals surface area contributed by atoms with Crippen LogP contribution < -0.4 is 5.32 Å².